The van der Waals surface area contributed by atoms with Gasteiger partial charge >= 0.3 is 0 Å². The SMILES string of the molecule is C=C=C(CC)c1cccc2ccccc12. The number of fused-ring (bicyclic) bond motifs is 1. The first kappa shape index (κ1) is 9.76. The second kappa shape index (κ2) is 4.16. The van der Waals surface area contributed by atoms with Gasteiger partial charge in [0.1, 0.15) is 0 Å². The van der Waals surface area contributed by atoms with Crippen molar-refractivity contribution in [1.29, 1.82) is 0 Å². The summed E-state index contributed by atoms with van der Waals surface area (Å²) >= 11 is 0. The molecule has 0 aromatic heterocycles. The van der Waals surface area contributed by atoms with Crippen LogP contribution in [0.4, 0.5) is 0 Å². The van der Waals surface area contributed by atoms with Gasteiger partial charge in [-0.2, -0.15) is 0 Å². The van der Waals surface area contributed by atoms with Crippen molar-refractivity contribution < 1.29 is 0 Å². The third-order valence-corrected chi connectivity index (χ3v) is 2.68. The zero-order valence-electron chi connectivity index (χ0n) is 8.96. The molecule has 0 spiro atoms. The largest absolute Gasteiger partial charge is 0.125 e. The van der Waals surface area contributed by atoms with E-state index in [2.05, 4.69) is 61.7 Å². The summed E-state index contributed by atoms with van der Waals surface area (Å²) in [5.74, 6) is 0. The van der Waals surface area contributed by atoms with Gasteiger partial charge in [-0.25, -0.2) is 0 Å². The average molecular weight is 194 g/mol. The van der Waals surface area contributed by atoms with Crippen molar-refractivity contribution in [2.75, 3.05) is 0 Å². The maximum Gasteiger partial charge on any atom is 0.000929 e. The topological polar surface area (TPSA) is 0 Å². The lowest BCUT2D eigenvalue weighted by Crippen LogP contribution is -1.84. The second-order valence-electron chi connectivity index (χ2n) is 3.54. The molecule has 0 nitrogen and oxygen atoms in total. The first-order valence-electron chi connectivity index (χ1n) is 5.24. The highest BCUT2D eigenvalue weighted by Crippen LogP contribution is 2.25. The van der Waals surface area contributed by atoms with Gasteiger partial charge in [0, 0.05) is 5.57 Å². The minimum atomic E-state index is 0.970. The number of rotatable bonds is 2. The summed E-state index contributed by atoms with van der Waals surface area (Å²) in [5.41, 5.74) is 5.47. The number of allylic oxidation sites excluding steroid dienone is 1. The van der Waals surface area contributed by atoms with Crippen LogP contribution in [0.5, 0.6) is 0 Å². The van der Waals surface area contributed by atoms with Crippen LogP contribution in [0.3, 0.4) is 0 Å². The van der Waals surface area contributed by atoms with Gasteiger partial charge in [-0.05, 0) is 22.8 Å². The maximum absolute atomic E-state index is 3.75. The van der Waals surface area contributed by atoms with Gasteiger partial charge in [-0.1, -0.05) is 56.0 Å². The maximum atomic E-state index is 3.75. The summed E-state index contributed by atoms with van der Waals surface area (Å²) in [4.78, 5) is 0. The molecule has 0 aliphatic heterocycles. The summed E-state index contributed by atoms with van der Waals surface area (Å²) in [6.07, 6.45) is 0.970. The molecule has 74 valence electrons. The minimum Gasteiger partial charge on any atom is -0.125 e. The van der Waals surface area contributed by atoms with Crippen LogP contribution in [-0.2, 0) is 0 Å². The minimum absolute atomic E-state index is 0.970. The molecule has 0 N–H and O–H groups in total. The Morgan fingerprint density at radius 2 is 1.87 bits per heavy atom. The third kappa shape index (κ3) is 1.72. The van der Waals surface area contributed by atoms with Crippen LogP contribution in [-0.4, -0.2) is 0 Å². The van der Waals surface area contributed by atoms with Crippen LogP contribution in [0.2, 0.25) is 0 Å². The van der Waals surface area contributed by atoms with Gasteiger partial charge in [0.2, 0.25) is 0 Å². The van der Waals surface area contributed by atoms with Crippen LogP contribution in [0.1, 0.15) is 18.9 Å². The van der Waals surface area contributed by atoms with E-state index in [0.717, 1.165) is 6.42 Å². The highest BCUT2D eigenvalue weighted by atomic mass is 14.1. The van der Waals surface area contributed by atoms with Crippen molar-refractivity contribution in [3.63, 3.8) is 0 Å². The Morgan fingerprint density at radius 1 is 1.13 bits per heavy atom. The fourth-order valence-corrected chi connectivity index (χ4v) is 1.90. The molecular formula is C15H14. The Morgan fingerprint density at radius 3 is 2.60 bits per heavy atom. The van der Waals surface area contributed by atoms with Crippen LogP contribution < -0.4 is 0 Å². The van der Waals surface area contributed by atoms with E-state index >= 15 is 0 Å². The van der Waals surface area contributed by atoms with E-state index in [-0.39, 0.29) is 0 Å². The molecule has 0 amide bonds. The number of hydrogen-bond donors (Lipinski definition) is 0. The van der Waals surface area contributed by atoms with Gasteiger partial charge in [0.15, 0.2) is 0 Å². The first-order valence-corrected chi connectivity index (χ1v) is 5.24. The zero-order chi connectivity index (χ0) is 10.7. The van der Waals surface area contributed by atoms with E-state index in [1.165, 1.54) is 21.9 Å². The molecule has 0 heteroatoms. The van der Waals surface area contributed by atoms with Crippen molar-refractivity contribution in [2.24, 2.45) is 0 Å². The van der Waals surface area contributed by atoms with E-state index in [4.69, 9.17) is 0 Å². The molecule has 0 saturated carbocycles. The molecule has 0 aliphatic carbocycles. The molecule has 0 heterocycles. The standard InChI is InChI=1S/C15H14/c1-3-12(4-2)14-11-7-9-13-8-5-6-10-15(13)14/h5-11H,1,4H2,2H3. The van der Waals surface area contributed by atoms with Crippen LogP contribution in [0.15, 0.2) is 54.8 Å². The lowest BCUT2D eigenvalue weighted by molar-refractivity contribution is 1.25. The normalized spacial score (nSPS) is 9.93. The molecule has 2 rings (SSSR count). The van der Waals surface area contributed by atoms with Crippen LogP contribution in [0, 0.1) is 0 Å². The Hall–Kier alpha value is -1.78. The fourth-order valence-electron chi connectivity index (χ4n) is 1.90. The molecule has 0 atom stereocenters. The molecule has 0 unspecified atom stereocenters. The van der Waals surface area contributed by atoms with E-state index in [1.807, 2.05) is 0 Å². The van der Waals surface area contributed by atoms with Gasteiger partial charge < -0.3 is 0 Å². The van der Waals surface area contributed by atoms with Crippen molar-refractivity contribution in [1.82, 2.24) is 0 Å². The lowest BCUT2D eigenvalue weighted by atomic mass is 9.97. The summed E-state index contributed by atoms with van der Waals surface area (Å²) < 4.78 is 0. The highest BCUT2D eigenvalue weighted by Gasteiger charge is 2.02. The first-order chi connectivity index (χ1) is 7.36. The number of benzene rings is 2. The molecule has 0 aliphatic rings. The van der Waals surface area contributed by atoms with Gasteiger partial charge in [0.05, 0.1) is 0 Å². The molecule has 0 bridgehead atoms. The van der Waals surface area contributed by atoms with Crippen molar-refractivity contribution in [2.45, 2.75) is 13.3 Å². The Labute approximate surface area is 90.6 Å². The van der Waals surface area contributed by atoms with Crippen LogP contribution in [0.25, 0.3) is 16.3 Å². The molecule has 0 saturated heterocycles. The Bertz CT molecular complexity index is 523. The third-order valence-electron chi connectivity index (χ3n) is 2.68. The predicted octanol–water partition coefficient (Wildman–Crippen LogP) is 4.42. The molecular weight excluding hydrogens is 180 g/mol. The van der Waals surface area contributed by atoms with Gasteiger partial charge in [0.25, 0.3) is 0 Å². The lowest BCUT2D eigenvalue weighted by Gasteiger charge is -2.06. The zero-order valence-corrected chi connectivity index (χ0v) is 8.96. The van der Waals surface area contributed by atoms with Gasteiger partial charge in [-0.15, -0.1) is 5.73 Å². The Kier molecular flexibility index (Phi) is 2.71. The molecule has 15 heavy (non-hydrogen) atoms. The Balaban J connectivity index is 2.76. The second-order valence-corrected chi connectivity index (χ2v) is 3.54. The van der Waals surface area contributed by atoms with E-state index in [1.54, 1.807) is 0 Å². The van der Waals surface area contributed by atoms with E-state index in [9.17, 15) is 0 Å². The highest BCUT2D eigenvalue weighted by molar-refractivity contribution is 5.93. The monoisotopic (exact) mass is 194 g/mol. The average Bonchev–Trinajstić information content (AvgIpc) is 2.31. The van der Waals surface area contributed by atoms with Crippen LogP contribution >= 0.6 is 0 Å². The predicted molar refractivity (Wildman–Crippen MR) is 66.8 cm³/mol. The summed E-state index contributed by atoms with van der Waals surface area (Å²) in [6.45, 7) is 5.89. The quantitative estimate of drug-likeness (QED) is 0.621. The van der Waals surface area contributed by atoms with Crippen molar-refractivity contribution >= 4 is 16.3 Å². The van der Waals surface area contributed by atoms with Gasteiger partial charge in [-0.3, -0.25) is 0 Å². The molecule has 0 fully saturated rings. The van der Waals surface area contributed by atoms with Crippen molar-refractivity contribution in [3.8, 4) is 0 Å². The van der Waals surface area contributed by atoms with Crippen molar-refractivity contribution in [3.05, 3.63) is 60.3 Å². The van der Waals surface area contributed by atoms with E-state index in [0.29, 0.717) is 0 Å². The molecule has 0 radical (unpaired) electrons. The smallest absolute Gasteiger partial charge is 0.000929 e. The van der Waals surface area contributed by atoms with E-state index < -0.39 is 0 Å². The summed E-state index contributed by atoms with van der Waals surface area (Å²) in [5, 5.41) is 2.56. The molecule has 2 aromatic carbocycles. The number of hydrogen-bond acceptors (Lipinski definition) is 0. The fraction of sp³-hybridized carbons (Fsp3) is 0.133. The summed E-state index contributed by atoms with van der Waals surface area (Å²) in [6, 6.07) is 14.8. The summed E-state index contributed by atoms with van der Waals surface area (Å²) in [7, 11) is 0. The molecule has 2 aromatic rings.